The zero-order valence-corrected chi connectivity index (χ0v) is 13.4. The molecule has 116 valence electrons. The number of hydrogen-bond acceptors (Lipinski definition) is 5. The maximum absolute atomic E-state index is 12.1. The Morgan fingerprint density at radius 1 is 1.19 bits per heavy atom. The Bertz CT molecular complexity index is 544. The fourth-order valence-corrected chi connectivity index (χ4v) is 1.97. The predicted molar refractivity (Wildman–Crippen MR) is 78.1 cm³/mol. The number of esters is 1. The Kier molecular flexibility index (Phi) is 5.84. The molecule has 1 atom stereocenters. The molecule has 1 amide bonds. The lowest BCUT2D eigenvalue weighted by atomic mass is 10.2. The smallest absolute Gasteiger partial charge is 0.339 e. The Morgan fingerprint density at radius 3 is 2.29 bits per heavy atom. The van der Waals surface area contributed by atoms with Gasteiger partial charge in [0.2, 0.25) is 0 Å². The summed E-state index contributed by atoms with van der Waals surface area (Å²) in [4.78, 5) is 25.1. The van der Waals surface area contributed by atoms with Gasteiger partial charge in [0.05, 0.1) is 24.8 Å². The van der Waals surface area contributed by atoms with Gasteiger partial charge in [-0.3, -0.25) is 4.79 Å². The second kappa shape index (κ2) is 7.17. The summed E-state index contributed by atoms with van der Waals surface area (Å²) in [6, 6.07) is 2.85. The molecule has 21 heavy (non-hydrogen) atoms. The van der Waals surface area contributed by atoms with Crippen molar-refractivity contribution in [2.45, 2.75) is 13.0 Å². The van der Waals surface area contributed by atoms with E-state index in [4.69, 9.17) is 25.8 Å². The van der Waals surface area contributed by atoms with Crippen LogP contribution in [0.2, 0.25) is 5.02 Å². The van der Waals surface area contributed by atoms with Gasteiger partial charge in [0, 0.05) is 14.1 Å². The van der Waals surface area contributed by atoms with E-state index < -0.39 is 12.1 Å². The lowest BCUT2D eigenvalue weighted by molar-refractivity contribution is -0.137. The zero-order chi connectivity index (χ0) is 16.2. The third-order valence-electron chi connectivity index (χ3n) is 2.74. The quantitative estimate of drug-likeness (QED) is 0.777. The zero-order valence-electron chi connectivity index (χ0n) is 12.6. The lowest BCUT2D eigenvalue weighted by Gasteiger charge is -2.17. The van der Waals surface area contributed by atoms with Crippen LogP contribution in [0.5, 0.6) is 11.5 Å². The van der Waals surface area contributed by atoms with Crippen LogP contribution in [0.3, 0.4) is 0 Å². The highest BCUT2D eigenvalue weighted by Crippen LogP contribution is 2.36. The number of amides is 1. The molecule has 0 fully saturated rings. The average molecular weight is 316 g/mol. The number of likely N-dealkylation sites (N-methyl/N-ethyl adjacent to an activating group) is 1. The molecular weight excluding hydrogens is 298 g/mol. The van der Waals surface area contributed by atoms with E-state index in [0.717, 1.165) is 0 Å². The molecule has 0 heterocycles. The maximum Gasteiger partial charge on any atom is 0.339 e. The van der Waals surface area contributed by atoms with Crippen LogP contribution >= 0.6 is 11.6 Å². The minimum Gasteiger partial charge on any atom is -0.493 e. The van der Waals surface area contributed by atoms with Gasteiger partial charge < -0.3 is 19.1 Å². The summed E-state index contributed by atoms with van der Waals surface area (Å²) in [6.07, 6.45) is -0.889. The van der Waals surface area contributed by atoms with Crippen molar-refractivity contribution in [1.29, 1.82) is 0 Å². The number of rotatable bonds is 5. The SMILES string of the molecule is COc1cc(C(=O)O[C@@H](C)C(=O)N(C)C)cc(Cl)c1OC. The minimum atomic E-state index is -0.889. The molecule has 0 unspecified atom stereocenters. The summed E-state index contributed by atoms with van der Waals surface area (Å²) in [5.74, 6) is -0.341. The first-order valence-electron chi connectivity index (χ1n) is 6.15. The number of ether oxygens (including phenoxy) is 3. The third-order valence-corrected chi connectivity index (χ3v) is 3.02. The van der Waals surface area contributed by atoms with E-state index in [1.54, 1.807) is 14.1 Å². The van der Waals surface area contributed by atoms with E-state index in [1.807, 2.05) is 0 Å². The molecule has 7 heteroatoms. The predicted octanol–water partition coefficient (Wildman–Crippen LogP) is 1.99. The first-order valence-corrected chi connectivity index (χ1v) is 6.53. The Hall–Kier alpha value is -1.95. The Balaban J connectivity index is 2.98. The lowest BCUT2D eigenvalue weighted by Crippen LogP contribution is -2.34. The summed E-state index contributed by atoms with van der Waals surface area (Å²) in [6.45, 7) is 1.50. The number of halogens is 1. The molecule has 0 N–H and O–H groups in total. The van der Waals surface area contributed by atoms with Crippen LogP contribution in [0.15, 0.2) is 12.1 Å². The maximum atomic E-state index is 12.1. The van der Waals surface area contributed by atoms with Crippen LogP contribution in [0.4, 0.5) is 0 Å². The summed E-state index contributed by atoms with van der Waals surface area (Å²) >= 11 is 6.02. The average Bonchev–Trinajstić information content (AvgIpc) is 2.44. The van der Waals surface area contributed by atoms with Crippen LogP contribution in [0.1, 0.15) is 17.3 Å². The van der Waals surface area contributed by atoms with E-state index in [0.29, 0.717) is 11.5 Å². The highest BCUT2D eigenvalue weighted by molar-refractivity contribution is 6.32. The summed E-state index contributed by atoms with van der Waals surface area (Å²) in [5.41, 5.74) is 0.177. The van der Waals surface area contributed by atoms with Gasteiger partial charge in [-0.1, -0.05) is 11.6 Å². The number of hydrogen-bond donors (Lipinski definition) is 0. The number of carbonyl (C=O) groups is 2. The topological polar surface area (TPSA) is 65.1 Å². The summed E-state index contributed by atoms with van der Waals surface area (Å²) < 4.78 is 15.3. The van der Waals surface area contributed by atoms with Crippen LogP contribution < -0.4 is 9.47 Å². The fourth-order valence-electron chi connectivity index (χ4n) is 1.68. The van der Waals surface area contributed by atoms with Gasteiger partial charge in [-0.15, -0.1) is 0 Å². The van der Waals surface area contributed by atoms with Crippen molar-refractivity contribution in [3.8, 4) is 11.5 Å². The van der Waals surface area contributed by atoms with Gasteiger partial charge in [0.15, 0.2) is 17.6 Å². The molecule has 0 radical (unpaired) electrons. The molecule has 1 rings (SSSR count). The Morgan fingerprint density at radius 2 is 1.81 bits per heavy atom. The van der Waals surface area contributed by atoms with Gasteiger partial charge in [-0.2, -0.15) is 0 Å². The molecule has 1 aromatic rings. The first kappa shape index (κ1) is 17.1. The largest absolute Gasteiger partial charge is 0.493 e. The van der Waals surface area contributed by atoms with Crippen molar-refractivity contribution in [2.75, 3.05) is 28.3 Å². The van der Waals surface area contributed by atoms with Crippen LogP contribution in [0, 0.1) is 0 Å². The number of carbonyl (C=O) groups excluding carboxylic acids is 2. The van der Waals surface area contributed by atoms with Crippen LogP contribution in [-0.4, -0.2) is 51.2 Å². The molecule has 0 spiro atoms. The summed E-state index contributed by atoms with van der Waals surface area (Å²) in [7, 11) is 6.04. The number of benzene rings is 1. The molecule has 0 aromatic heterocycles. The van der Waals surface area contributed by atoms with E-state index >= 15 is 0 Å². The van der Waals surface area contributed by atoms with E-state index in [1.165, 1.54) is 38.2 Å². The molecule has 1 aromatic carbocycles. The standard InChI is InChI=1S/C14H18ClNO5/c1-8(13(17)16(2)3)21-14(18)9-6-10(15)12(20-5)11(7-9)19-4/h6-8H,1-5H3/t8-/m0/s1. The molecule has 0 bridgehead atoms. The van der Waals surface area contributed by atoms with Crippen molar-refractivity contribution in [3.63, 3.8) is 0 Å². The molecule has 0 saturated carbocycles. The van der Waals surface area contributed by atoms with Crippen molar-refractivity contribution < 1.29 is 23.8 Å². The first-order chi connectivity index (χ1) is 9.81. The number of nitrogens with zero attached hydrogens (tertiary/aromatic N) is 1. The van der Waals surface area contributed by atoms with Gasteiger partial charge in [0.25, 0.3) is 5.91 Å². The molecule has 6 nitrogen and oxygen atoms in total. The highest BCUT2D eigenvalue weighted by atomic mass is 35.5. The van der Waals surface area contributed by atoms with Crippen LogP contribution in [-0.2, 0) is 9.53 Å². The van der Waals surface area contributed by atoms with Crippen molar-refractivity contribution in [3.05, 3.63) is 22.7 Å². The second-order valence-corrected chi connectivity index (χ2v) is 4.88. The number of methoxy groups -OCH3 is 2. The van der Waals surface area contributed by atoms with E-state index in [-0.39, 0.29) is 16.5 Å². The monoisotopic (exact) mass is 315 g/mol. The van der Waals surface area contributed by atoms with E-state index in [2.05, 4.69) is 0 Å². The second-order valence-electron chi connectivity index (χ2n) is 4.47. The normalized spacial score (nSPS) is 11.5. The van der Waals surface area contributed by atoms with Gasteiger partial charge in [0.1, 0.15) is 0 Å². The van der Waals surface area contributed by atoms with Gasteiger partial charge in [-0.25, -0.2) is 4.79 Å². The molecule has 0 aliphatic carbocycles. The molecular formula is C14H18ClNO5. The fraction of sp³-hybridized carbons (Fsp3) is 0.429. The highest BCUT2D eigenvalue weighted by Gasteiger charge is 2.22. The molecule has 0 aliphatic rings. The van der Waals surface area contributed by atoms with Crippen LogP contribution in [0.25, 0.3) is 0 Å². The van der Waals surface area contributed by atoms with Crippen molar-refractivity contribution in [1.82, 2.24) is 4.90 Å². The van der Waals surface area contributed by atoms with Crippen molar-refractivity contribution in [2.24, 2.45) is 0 Å². The van der Waals surface area contributed by atoms with Gasteiger partial charge >= 0.3 is 5.97 Å². The summed E-state index contributed by atoms with van der Waals surface area (Å²) in [5, 5.41) is 0.218. The van der Waals surface area contributed by atoms with E-state index in [9.17, 15) is 9.59 Å². The molecule has 0 aliphatic heterocycles. The third kappa shape index (κ3) is 4.01. The Labute approximate surface area is 128 Å². The molecule has 0 saturated heterocycles. The van der Waals surface area contributed by atoms with Crippen molar-refractivity contribution >= 4 is 23.5 Å². The minimum absolute atomic E-state index is 0.177. The van der Waals surface area contributed by atoms with Gasteiger partial charge in [-0.05, 0) is 19.1 Å².